The van der Waals surface area contributed by atoms with E-state index < -0.39 is 66.1 Å². The molecule has 3 aromatic carbocycles. The molecule has 1 spiro atoms. The van der Waals surface area contributed by atoms with Crippen LogP contribution in [0.4, 0.5) is 13.2 Å². The molecule has 0 radical (unpaired) electrons. The van der Waals surface area contributed by atoms with Crippen LogP contribution in [0.15, 0.2) is 54.7 Å². The van der Waals surface area contributed by atoms with Crippen molar-refractivity contribution in [1.29, 1.82) is 0 Å². The number of halogens is 4. The number of benzene rings is 3. The Hall–Kier alpha value is -3.59. The van der Waals surface area contributed by atoms with Crippen LogP contribution >= 0.6 is 11.6 Å². The summed E-state index contributed by atoms with van der Waals surface area (Å²) in [6, 6.07) is 9.78. The second-order valence-corrected chi connectivity index (χ2v) is 10.6. The van der Waals surface area contributed by atoms with E-state index in [1.165, 1.54) is 6.20 Å². The van der Waals surface area contributed by atoms with Crippen LogP contribution < -0.4 is 5.32 Å². The third-order valence-corrected chi connectivity index (χ3v) is 8.00. The maximum atomic E-state index is 13.8. The van der Waals surface area contributed by atoms with E-state index in [4.69, 9.17) is 21.1 Å². The van der Waals surface area contributed by atoms with Gasteiger partial charge >= 0.3 is 0 Å². The van der Waals surface area contributed by atoms with Crippen LogP contribution in [-0.2, 0) is 9.47 Å². The lowest BCUT2D eigenvalue weighted by molar-refractivity contribution is -0.344. The number of aromatic nitrogens is 3. The van der Waals surface area contributed by atoms with E-state index in [2.05, 4.69) is 15.6 Å². The molecule has 3 heterocycles. The molecule has 0 bridgehead atoms. The van der Waals surface area contributed by atoms with Crippen molar-refractivity contribution >= 4 is 28.3 Å². The summed E-state index contributed by atoms with van der Waals surface area (Å²) >= 11 is 6.41. The van der Waals surface area contributed by atoms with Crippen LogP contribution in [0.25, 0.3) is 22.0 Å². The number of aliphatic hydroxyl groups is 3. The Morgan fingerprint density at radius 1 is 1.12 bits per heavy atom. The van der Waals surface area contributed by atoms with Gasteiger partial charge in [0, 0.05) is 5.56 Å². The molecule has 10 nitrogen and oxygen atoms in total. The van der Waals surface area contributed by atoms with Gasteiger partial charge in [-0.1, -0.05) is 41.1 Å². The van der Waals surface area contributed by atoms with Gasteiger partial charge in [0.15, 0.2) is 17.5 Å². The molecule has 220 valence electrons. The molecule has 6 rings (SSSR count). The fraction of sp³-hybridized carbons (Fsp3) is 0.321. The van der Waals surface area contributed by atoms with Crippen molar-refractivity contribution in [3.05, 3.63) is 82.8 Å². The van der Waals surface area contributed by atoms with Gasteiger partial charge in [-0.2, -0.15) is 0 Å². The van der Waals surface area contributed by atoms with Gasteiger partial charge in [0.2, 0.25) is 5.79 Å². The molecular weight excluding hydrogens is 581 g/mol. The number of carbonyl (C=O) groups excluding carboxylic acids is 1. The van der Waals surface area contributed by atoms with Gasteiger partial charge in [-0.15, -0.1) is 5.10 Å². The summed E-state index contributed by atoms with van der Waals surface area (Å²) in [6.07, 6.45) is -3.15. The third-order valence-electron chi connectivity index (χ3n) is 7.68. The van der Waals surface area contributed by atoms with E-state index in [0.29, 0.717) is 0 Å². The number of fused-ring (bicyclic) bond motifs is 1. The highest BCUT2D eigenvalue weighted by molar-refractivity contribution is 6.34. The number of nitrogens with zero attached hydrogens (tertiary/aromatic N) is 3. The van der Waals surface area contributed by atoms with E-state index in [-0.39, 0.29) is 34.9 Å². The quantitative estimate of drug-likeness (QED) is 0.255. The van der Waals surface area contributed by atoms with Gasteiger partial charge in [0.05, 0.1) is 36.0 Å². The predicted octanol–water partition coefficient (Wildman–Crippen LogP) is 2.74. The van der Waals surface area contributed by atoms with Gasteiger partial charge in [0.1, 0.15) is 30.0 Å². The number of carbonyl (C=O) groups is 1. The summed E-state index contributed by atoms with van der Waals surface area (Å²) in [4.78, 5) is 13.4. The van der Waals surface area contributed by atoms with E-state index in [0.717, 1.165) is 27.6 Å². The summed E-state index contributed by atoms with van der Waals surface area (Å²) in [6.45, 7) is -0.645. The number of amides is 1. The maximum absolute atomic E-state index is 13.8. The van der Waals surface area contributed by atoms with Gasteiger partial charge in [-0.25, -0.2) is 17.9 Å². The van der Waals surface area contributed by atoms with Crippen molar-refractivity contribution in [1.82, 2.24) is 20.3 Å². The summed E-state index contributed by atoms with van der Waals surface area (Å²) in [5.41, 5.74) is -0.0502. The Bertz CT molecular complexity index is 1650. The lowest BCUT2D eigenvalue weighted by Crippen LogP contribution is -2.69. The molecule has 2 aliphatic heterocycles. The minimum absolute atomic E-state index is 0.0468. The molecule has 2 aliphatic rings. The lowest BCUT2D eigenvalue weighted by atomic mass is 9.86. The van der Waals surface area contributed by atoms with Crippen molar-refractivity contribution in [3.8, 4) is 11.3 Å². The zero-order chi connectivity index (χ0) is 29.8. The standard InChI is InChI=1S/C28H24ClF3N4O6/c29-17-8-14-4-2-1-3-13(14)7-16(17)27(40)33-22-5-6-41-28(22)26(39)24(25(38)21(12-37)42-28)36-11-20(34-35-36)15-9-18(30)23(32)19(31)10-15/h1-4,7-11,21-22,24-26,37-39H,5-6,12H2,(H,33,40)/t21-,22-,24+,25+,26-,28+/m1/s1. The summed E-state index contributed by atoms with van der Waals surface area (Å²) in [5, 5.41) is 45.0. The fourth-order valence-electron chi connectivity index (χ4n) is 5.57. The van der Waals surface area contributed by atoms with Crippen LogP contribution in [-0.4, -0.2) is 79.6 Å². The molecule has 0 aliphatic carbocycles. The molecule has 0 saturated carbocycles. The molecular formula is C28H24ClF3N4O6. The smallest absolute Gasteiger partial charge is 0.253 e. The molecule has 42 heavy (non-hydrogen) atoms. The highest BCUT2D eigenvalue weighted by Gasteiger charge is 2.62. The first-order valence-electron chi connectivity index (χ1n) is 13.0. The normalized spacial score (nSPS) is 27.5. The van der Waals surface area contributed by atoms with Crippen molar-refractivity contribution in [2.24, 2.45) is 0 Å². The van der Waals surface area contributed by atoms with Crippen molar-refractivity contribution in [2.75, 3.05) is 13.2 Å². The predicted molar refractivity (Wildman–Crippen MR) is 142 cm³/mol. The van der Waals surface area contributed by atoms with E-state index in [1.54, 1.807) is 12.1 Å². The van der Waals surface area contributed by atoms with Crippen LogP contribution in [0.1, 0.15) is 22.8 Å². The third kappa shape index (κ3) is 4.71. The zero-order valence-corrected chi connectivity index (χ0v) is 22.4. The first-order chi connectivity index (χ1) is 20.1. The molecule has 2 fully saturated rings. The SMILES string of the molecule is O=C(N[C@@H]1CCO[C@]12O[C@H](CO)[C@H](O)[C@H](n1cc(-c3cc(F)c(F)c(F)c3)nn1)[C@H]2O)c1cc2ccccc2cc1Cl. The van der Waals surface area contributed by atoms with Gasteiger partial charge in [0.25, 0.3) is 5.91 Å². The van der Waals surface area contributed by atoms with Crippen LogP contribution in [0.2, 0.25) is 5.02 Å². The number of aliphatic hydroxyl groups excluding tert-OH is 3. The second-order valence-electron chi connectivity index (χ2n) is 10.2. The van der Waals surface area contributed by atoms with Gasteiger partial charge < -0.3 is 30.1 Å². The van der Waals surface area contributed by atoms with Gasteiger partial charge in [-0.05, 0) is 41.5 Å². The molecule has 14 heteroatoms. The molecule has 4 N–H and O–H groups in total. The first kappa shape index (κ1) is 28.5. The molecule has 1 amide bonds. The average molecular weight is 605 g/mol. The number of ether oxygens (including phenoxy) is 2. The number of nitrogens with one attached hydrogen (secondary N) is 1. The second kappa shape index (κ2) is 10.9. The molecule has 6 atom stereocenters. The Labute approximate surface area is 241 Å². The summed E-state index contributed by atoms with van der Waals surface area (Å²) < 4.78 is 53.9. The minimum Gasteiger partial charge on any atom is -0.394 e. The monoisotopic (exact) mass is 604 g/mol. The van der Waals surface area contributed by atoms with E-state index in [1.807, 2.05) is 24.3 Å². The highest BCUT2D eigenvalue weighted by atomic mass is 35.5. The van der Waals surface area contributed by atoms with E-state index in [9.17, 15) is 33.3 Å². The summed E-state index contributed by atoms with van der Waals surface area (Å²) in [5.74, 6) is -7.02. The van der Waals surface area contributed by atoms with Crippen LogP contribution in [0.3, 0.4) is 0 Å². The Balaban J connectivity index is 1.32. The minimum atomic E-state index is -1.93. The first-order valence-corrected chi connectivity index (χ1v) is 13.4. The Morgan fingerprint density at radius 2 is 1.81 bits per heavy atom. The zero-order valence-electron chi connectivity index (χ0n) is 21.6. The molecule has 2 saturated heterocycles. The topological polar surface area (TPSA) is 139 Å². The molecule has 1 aromatic heterocycles. The number of hydrogen-bond donors (Lipinski definition) is 4. The van der Waals surface area contributed by atoms with Crippen LogP contribution in [0.5, 0.6) is 0 Å². The Kier molecular flexibility index (Phi) is 7.41. The van der Waals surface area contributed by atoms with Crippen LogP contribution in [0, 0.1) is 17.5 Å². The largest absolute Gasteiger partial charge is 0.394 e. The fourth-order valence-corrected chi connectivity index (χ4v) is 5.82. The molecule has 4 aromatic rings. The van der Waals surface area contributed by atoms with E-state index >= 15 is 0 Å². The average Bonchev–Trinajstić information content (AvgIpc) is 3.61. The van der Waals surface area contributed by atoms with Crippen molar-refractivity contribution in [2.45, 2.75) is 42.6 Å². The number of hydrogen-bond acceptors (Lipinski definition) is 8. The maximum Gasteiger partial charge on any atom is 0.253 e. The Morgan fingerprint density at radius 3 is 2.50 bits per heavy atom. The van der Waals surface area contributed by atoms with Crippen molar-refractivity contribution < 1.29 is 42.8 Å². The lowest BCUT2D eigenvalue weighted by Gasteiger charge is -2.49. The number of rotatable bonds is 5. The highest BCUT2D eigenvalue weighted by Crippen LogP contribution is 2.43. The van der Waals surface area contributed by atoms with Crippen molar-refractivity contribution in [3.63, 3.8) is 0 Å². The summed E-state index contributed by atoms with van der Waals surface area (Å²) in [7, 11) is 0. The van der Waals surface area contributed by atoms with Gasteiger partial charge in [-0.3, -0.25) is 4.79 Å². The molecule has 0 unspecified atom stereocenters.